The van der Waals surface area contributed by atoms with Crippen LogP contribution in [0.15, 0.2) is 47.5 Å². The normalized spacial score (nSPS) is 22.4. The lowest BCUT2D eigenvalue weighted by atomic mass is 9.69. The summed E-state index contributed by atoms with van der Waals surface area (Å²) in [6.07, 6.45) is 6.28. The van der Waals surface area contributed by atoms with Crippen LogP contribution in [0.2, 0.25) is 10.0 Å². The van der Waals surface area contributed by atoms with E-state index in [-0.39, 0.29) is 29.3 Å². The van der Waals surface area contributed by atoms with E-state index >= 15 is 0 Å². The molecule has 4 rings (SSSR count). The zero-order valence-corrected chi connectivity index (χ0v) is 27.8. The molecule has 1 saturated carbocycles. The third-order valence-corrected chi connectivity index (χ3v) is 9.65. The maximum atomic E-state index is 14.5. The standard InChI is InChI=1S/C35H47Cl2N3O2/c1-8-23(4)38-32(41)25-12-10-24(11-13-25)30(14-9-22(2)3)40-33(42)31(26-19-28(36)21-29(37)20-26)39-35(40)17-15-27(16-18-35)34(5,6)7/h10-13,19-23,27,30H,8-9,14-18H2,1-7H3,(H,38,41). The first-order chi connectivity index (χ1) is 19.7. The number of hydrogen-bond donors (Lipinski definition) is 1. The number of rotatable bonds is 9. The molecule has 2 amide bonds. The Kier molecular flexibility index (Phi) is 10.1. The Morgan fingerprint density at radius 2 is 1.62 bits per heavy atom. The van der Waals surface area contributed by atoms with E-state index in [0.717, 1.165) is 50.5 Å². The van der Waals surface area contributed by atoms with Gasteiger partial charge in [-0.1, -0.05) is 76.9 Å². The van der Waals surface area contributed by atoms with Crippen molar-refractivity contribution in [1.82, 2.24) is 10.2 Å². The van der Waals surface area contributed by atoms with E-state index in [1.807, 2.05) is 31.2 Å². The van der Waals surface area contributed by atoms with Crippen LogP contribution in [0.4, 0.5) is 0 Å². The highest BCUT2D eigenvalue weighted by Gasteiger charge is 2.52. The van der Waals surface area contributed by atoms with E-state index in [0.29, 0.717) is 38.7 Å². The molecule has 1 heterocycles. The van der Waals surface area contributed by atoms with Gasteiger partial charge >= 0.3 is 0 Å². The van der Waals surface area contributed by atoms with Gasteiger partial charge in [-0.25, -0.2) is 0 Å². The second-order valence-electron chi connectivity index (χ2n) is 13.8. The number of aliphatic imine (C=N–C) groups is 1. The van der Waals surface area contributed by atoms with Crippen molar-refractivity contribution in [3.63, 3.8) is 0 Å². The molecule has 2 atom stereocenters. The molecule has 1 spiro atoms. The van der Waals surface area contributed by atoms with Gasteiger partial charge in [0.1, 0.15) is 11.4 Å². The minimum Gasteiger partial charge on any atom is -0.350 e. The summed E-state index contributed by atoms with van der Waals surface area (Å²) in [5.41, 5.74) is 2.33. The molecule has 7 heteroatoms. The zero-order chi connectivity index (χ0) is 30.8. The molecular weight excluding hydrogens is 565 g/mol. The fraction of sp³-hybridized carbons (Fsp3) is 0.571. The molecule has 1 aliphatic carbocycles. The van der Waals surface area contributed by atoms with Gasteiger partial charge < -0.3 is 10.2 Å². The lowest BCUT2D eigenvalue weighted by Gasteiger charge is -2.47. The summed E-state index contributed by atoms with van der Waals surface area (Å²) >= 11 is 12.8. The average molecular weight is 613 g/mol. The van der Waals surface area contributed by atoms with Gasteiger partial charge in [0.25, 0.3) is 11.8 Å². The van der Waals surface area contributed by atoms with Crippen LogP contribution in [-0.4, -0.2) is 34.1 Å². The predicted octanol–water partition coefficient (Wildman–Crippen LogP) is 9.26. The highest BCUT2D eigenvalue weighted by atomic mass is 35.5. The molecule has 1 fully saturated rings. The highest BCUT2D eigenvalue weighted by Crippen LogP contribution is 2.50. The number of halogens is 2. The van der Waals surface area contributed by atoms with Crippen LogP contribution < -0.4 is 5.32 Å². The zero-order valence-electron chi connectivity index (χ0n) is 26.3. The maximum absolute atomic E-state index is 14.5. The average Bonchev–Trinajstić information content (AvgIpc) is 3.19. The van der Waals surface area contributed by atoms with Gasteiger partial charge in [0.15, 0.2) is 0 Å². The summed E-state index contributed by atoms with van der Waals surface area (Å²) in [5, 5.41) is 4.02. The smallest absolute Gasteiger partial charge is 0.275 e. The first kappa shape index (κ1) is 32.5. The third kappa shape index (κ3) is 7.22. The number of benzene rings is 2. The number of hydrogen-bond acceptors (Lipinski definition) is 3. The SMILES string of the molecule is CCC(C)NC(=O)c1ccc(C(CCC(C)C)N2C(=O)C(c3cc(Cl)cc(Cl)c3)=NC23CCC(C(C)(C)C)CC3)cc1. The molecule has 1 N–H and O–H groups in total. The van der Waals surface area contributed by atoms with Gasteiger partial charge in [0, 0.05) is 27.2 Å². The highest BCUT2D eigenvalue weighted by molar-refractivity contribution is 6.47. The molecule has 2 aromatic rings. The molecule has 5 nitrogen and oxygen atoms in total. The van der Waals surface area contributed by atoms with E-state index in [1.54, 1.807) is 18.2 Å². The van der Waals surface area contributed by atoms with Crippen molar-refractivity contribution in [2.75, 3.05) is 0 Å². The molecular formula is C35H47Cl2N3O2. The van der Waals surface area contributed by atoms with Crippen LogP contribution in [0, 0.1) is 17.3 Å². The Labute approximate surface area is 262 Å². The topological polar surface area (TPSA) is 61.8 Å². The summed E-state index contributed by atoms with van der Waals surface area (Å²) in [5.74, 6) is 0.894. The third-order valence-electron chi connectivity index (χ3n) is 9.21. The second kappa shape index (κ2) is 13.1. The van der Waals surface area contributed by atoms with Crippen LogP contribution in [-0.2, 0) is 4.79 Å². The fourth-order valence-electron chi connectivity index (χ4n) is 6.42. The van der Waals surface area contributed by atoms with Crippen LogP contribution >= 0.6 is 23.2 Å². The summed E-state index contributed by atoms with van der Waals surface area (Å²) in [6, 6.07) is 13.0. The minimum absolute atomic E-state index is 0.0742. The van der Waals surface area contributed by atoms with Crippen molar-refractivity contribution >= 4 is 40.7 Å². The summed E-state index contributed by atoms with van der Waals surface area (Å²) in [7, 11) is 0. The van der Waals surface area contributed by atoms with E-state index in [1.165, 1.54) is 0 Å². The summed E-state index contributed by atoms with van der Waals surface area (Å²) in [4.78, 5) is 34.7. The van der Waals surface area contributed by atoms with Gasteiger partial charge in [-0.15, -0.1) is 0 Å². The summed E-state index contributed by atoms with van der Waals surface area (Å²) in [6.45, 7) is 15.4. The van der Waals surface area contributed by atoms with Crippen molar-refractivity contribution in [3.05, 3.63) is 69.2 Å². The molecule has 0 radical (unpaired) electrons. The molecule has 2 aromatic carbocycles. The quantitative estimate of drug-likeness (QED) is 0.307. The van der Waals surface area contributed by atoms with Gasteiger partial charge in [0.2, 0.25) is 0 Å². The van der Waals surface area contributed by atoms with Gasteiger partial charge in [-0.2, -0.15) is 0 Å². The van der Waals surface area contributed by atoms with Gasteiger partial charge in [-0.3, -0.25) is 14.6 Å². The largest absolute Gasteiger partial charge is 0.350 e. The van der Waals surface area contributed by atoms with Crippen molar-refractivity contribution < 1.29 is 9.59 Å². The van der Waals surface area contributed by atoms with Crippen LogP contribution in [0.5, 0.6) is 0 Å². The van der Waals surface area contributed by atoms with Crippen LogP contribution in [0.25, 0.3) is 0 Å². The number of amides is 2. The van der Waals surface area contributed by atoms with Crippen molar-refractivity contribution in [1.29, 1.82) is 0 Å². The van der Waals surface area contributed by atoms with Crippen molar-refractivity contribution in [3.8, 4) is 0 Å². The Morgan fingerprint density at radius 3 is 2.14 bits per heavy atom. The molecule has 0 bridgehead atoms. The number of nitrogens with zero attached hydrogens (tertiary/aromatic N) is 2. The predicted molar refractivity (Wildman–Crippen MR) is 174 cm³/mol. The van der Waals surface area contributed by atoms with Gasteiger partial charge in [-0.05, 0) is 105 Å². The van der Waals surface area contributed by atoms with Crippen molar-refractivity contribution in [2.45, 2.75) is 111 Å². The fourth-order valence-corrected chi connectivity index (χ4v) is 6.95. The Morgan fingerprint density at radius 1 is 1.02 bits per heavy atom. The Hall–Kier alpha value is -2.37. The molecule has 1 aliphatic heterocycles. The van der Waals surface area contributed by atoms with E-state index in [4.69, 9.17) is 28.2 Å². The first-order valence-corrected chi connectivity index (χ1v) is 16.3. The minimum atomic E-state index is -0.628. The number of carbonyl (C=O) groups is 2. The Balaban J connectivity index is 1.76. The van der Waals surface area contributed by atoms with Crippen LogP contribution in [0.3, 0.4) is 0 Å². The molecule has 0 aromatic heterocycles. The Bertz CT molecular complexity index is 1280. The summed E-state index contributed by atoms with van der Waals surface area (Å²) < 4.78 is 0. The lowest BCUT2D eigenvalue weighted by molar-refractivity contribution is -0.133. The van der Waals surface area contributed by atoms with E-state index < -0.39 is 5.66 Å². The monoisotopic (exact) mass is 611 g/mol. The molecule has 228 valence electrons. The molecule has 2 aliphatic rings. The van der Waals surface area contributed by atoms with Gasteiger partial charge in [0.05, 0.1) is 6.04 Å². The van der Waals surface area contributed by atoms with E-state index in [2.05, 4.69) is 51.8 Å². The second-order valence-corrected chi connectivity index (χ2v) is 14.7. The molecule has 0 saturated heterocycles. The molecule has 2 unspecified atom stereocenters. The van der Waals surface area contributed by atoms with Crippen LogP contribution in [0.1, 0.15) is 121 Å². The lowest BCUT2D eigenvalue weighted by Crippen LogP contribution is -2.51. The number of nitrogens with one attached hydrogen (secondary N) is 1. The maximum Gasteiger partial charge on any atom is 0.275 e. The van der Waals surface area contributed by atoms with E-state index in [9.17, 15) is 9.59 Å². The van der Waals surface area contributed by atoms with Crippen molar-refractivity contribution in [2.24, 2.45) is 22.2 Å². The molecule has 42 heavy (non-hydrogen) atoms. The number of carbonyl (C=O) groups excluding carboxylic acids is 2. The first-order valence-electron chi connectivity index (χ1n) is 15.5.